The highest BCUT2D eigenvalue weighted by molar-refractivity contribution is 5.55. The van der Waals surface area contributed by atoms with E-state index in [0.29, 0.717) is 6.04 Å². The second kappa shape index (κ2) is 6.35. The van der Waals surface area contributed by atoms with E-state index < -0.39 is 0 Å². The summed E-state index contributed by atoms with van der Waals surface area (Å²) in [7, 11) is 3.31. The van der Waals surface area contributed by atoms with Crippen molar-refractivity contribution in [2.24, 2.45) is 0 Å². The zero-order chi connectivity index (χ0) is 14.6. The van der Waals surface area contributed by atoms with E-state index in [1.165, 1.54) is 0 Å². The molecule has 0 radical (unpaired) electrons. The average molecular weight is 279 g/mol. The number of benzene rings is 1. The van der Waals surface area contributed by atoms with Crippen LogP contribution < -0.4 is 14.8 Å². The zero-order valence-electron chi connectivity index (χ0n) is 12.9. The lowest BCUT2D eigenvalue weighted by Gasteiger charge is -2.38. The van der Waals surface area contributed by atoms with Crippen LogP contribution in [-0.4, -0.2) is 32.5 Å². The minimum atomic E-state index is -0.00747. The van der Waals surface area contributed by atoms with Gasteiger partial charge in [-0.2, -0.15) is 0 Å². The number of hydrogen-bond acceptors (Lipinski definition) is 4. The van der Waals surface area contributed by atoms with Gasteiger partial charge in [0.25, 0.3) is 0 Å². The number of rotatable bonds is 5. The Morgan fingerprint density at radius 1 is 1.30 bits per heavy atom. The van der Waals surface area contributed by atoms with Crippen LogP contribution in [0.1, 0.15) is 33.1 Å². The number of ether oxygens (including phenoxy) is 3. The van der Waals surface area contributed by atoms with E-state index >= 15 is 0 Å². The molecule has 1 fully saturated rings. The third-order valence-corrected chi connectivity index (χ3v) is 4.10. The molecule has 1 saturated heterocycles. The van der Waals surface area contributed by atoms with E-state index in [4.69, 9.17) is 14.2 Å². The summed E-state index contributed by atoms with van der Waals surface area (Å²) in [5.41, 5.74) is 1.06. The number of methoxy groups -OCH3 is 2. The molecule has 1 aliphatic heterocycles. The van der Waals surface area contributed by atoms with Crippen LogP contribution >= 0.6 is 0 Å². The van der Waals surface area contributed by atoms with Crippen LogP contribution in [0, 0.1) is 0 Å². The lowest BCUT2D eigenvalue weighted by Crippen LogP contribution is -2.41. The van der Waals surface area contributed by atoms with Crippen LogP contribution in [-0.2, 0) is 4.74 Å². The maximum absolute atomic E-state index is 5.88. The molecule has 0 spiro atoms. The summed E-state index contributed by atoms with van der Waals surface area (Å²) in [5, 5.41) is 3.58. The predicted octanol–water partition coefficient (Wildman–Crippen LogP) is 3.46. The van der Waals surface area contributed by atoms with E-state index in [9.17, 15) is 0 Å². The summed E-state index contributed by atoms with van der Waals surface area (Å²) in [6.45, 7) is 5.18. The molecular weight excluding hydrogens is 254 g/mol. The van der Waals surface area contributed by atoms with Gasteiger partial charge in [0, 0.05) is 24.4 Å². The summed E-state index contributed by atoms with van der Waals surface area (Å²) in [6.07, 6.45) is 3.10. The van der Waals surface area contributed by atoms with Crippen LogP contribution in [0.3, 0.4) is 0 Å². The van der Waals surface area contributed by atoms with E-state index in [1.54, 1.807) is 14.2 Å². The Morgan fingerprint density at radius 2 is 2.05 bits per heavy atom. The molecule has 4 heteroatoms. The molecule has 112 valence electrons. The third kappa shape index (κ3) is 3.37. The Labute approximate surface area is 121 Å². The van der Waals surface area contributed by atoms with Gasteiger partial charge in [-0.05, 0) is 38.3 Å². The first-order valence-electron chi connectivity index (χ1n) is 7.22. The van der Waals surface area contributed by atoms with Crippen LogP contribution in [0.5, 0.6) is 11.5 Å². The van der Waals surface area contributed by atoms with E-state index in [0.717, 1.165) is 43.1 Å². The Hall–Kier alpha value is -1.42. The molecule has 2 atom stereocenters. The van der Waals surface area contributed by atoms with Gasteiger partial charge in [-0.3, -0.25) is 0 Å². The normalized spacial score (nSPS) is 26.1. The van der Waals surface area contributed by atoms with Gasteiger partial charge in [0.05, 0.1) is 19.8 Å². The molecule has 0 aromatic heterocycles. The first kappa shape index (κ1) is 15.0. The molecule has 2 rings (SSSR count). The number of anilines is 1. The van der Waals surface area contributed by atoms with Gasteiger partial charge >= 0.3 is 0 Å². The van der Waals surface area contributed by atoms with Crippen molar-refractivity contribution in [3.63, 3.8) is 0 Å². The molecule has 2 unspecified atom stereocenters. The van der Waals surface area contributed by atoms with Crippen molar-refractivity contribution in [2.45, 2.75) is 44.8 Å². The minimum Gasteiger partial charge on any atom is -0.493 e. The molecular formula is C16H25NO3. The molecule has 1 aliphatic rings. The summed E-state index contributed by atoms with van der Waals surface area (Å²) >= 11 is 0. The topological polar surface area (TPSA) is 39.7 Å². The molecule has 0 bridgehead atoms. The monoisotopic (exact) mass is 279 g/mol. The predicted molar refractivity (Wildman–Crippen MR) is 80.8 cm³/mol. The molecule has 0 amide bonds. The van der Waals surface area contributed by atoms with Crippen molar-refractivity contribution in [2.75, 3.05) is 26.1 Å². The summed E-state index contributed by atoms with van der Waals surface area (Å²) in [4.78, 5) is 0. The fourth-order valence-electron chi connectivity index (χ4n) is 2.66. The quantitative estimate of drug-likeness (QED) is 0.896. The van der Waals surface area contributed by atoms with Crippen molar-refractivity contribution in [1.82, 2.24) is 0 Å². The fraction of sp³-hybridized carbons (Fsp3) is 0.625. The molecule has 0 aliphatic carbocycles. The van der Waals surface area contributed by atoms with Gasteiger partial charge in [-0.25, -0.2) is 0 Å². The van der Waals surface area contributed by atoms with Crippen LogP contribution in [0.2, 0.25) is 0 Å². The number of hydrogen-bond donors (Lipinski definition) is 1. The Balaban J connectivity index is 2.06. The van der Waals surface area contributed by atoms with Gasteiger partial charge in [-0.15, -0.1) is 0 Å². The SMILES string of the molecule is CCC1(C)CC(Nc2ccc(OC)c(OC)c2)CCO1. The van der Waals surface area contributed by atoms with Gasteiger partial charge in [0.1, 0.15) is 0 Å². The Bertz CT molecular complexity index is 449. The molecule has 1 N–H and O–H groups in total. The highest BCUT2D eigenvalue weighted by Gasteiger charge is 2.31. The lowest BCUT2D eigenvalue weighted by molar-refractivity contribution is -0.0708. The van der Waals surface area contributed by atoms with E-state index in [1.807, 2.05) is 18.2 Å². The Kier molecular flexibility index (Phi) is 4.76. The highest BCUT2D eigenvalue weighted by Crippen LogP contribution is 2.33. The standard InChI is InChI=1S/C16H25NO3/c1-5-16(2)11-13(8-9-20-16)17-12-6-7-14(18-3)15(10-12)19-4/h6-7,10,13,17H,5,8-9,11H2,1-4H3. The van der Waals surface area contributed by atoms with E-state index in [-0.39, 0.29) is 5.60 Å². The third-order valence-electron chi connectivity index (χ3n) is 4.10. The van der Waals surface area contributed by atoms with Crippen LogP contribution in [0.25, 0.3) is 0 Å². The summed E-state index contributed by atoms with van der Waals surface area (Å²) < 4.78 is 16.5. The second-order valence-electron chi connectivity index (χ2n) is 5.56. The molecule has 4 nitrogen and oxygen atoms in total. The molecule has 0 saturated carbocycles. The lowest BCUT2D eigenvalue weighted by atomic mass is 9.90. The van der Waals surface area contributed by atoms with E-state index in [2.05, 4.69) is 19.2 Å². The van der Waals surface area contributed by atoms with Crippen molar-refractivity contribution in [1.29, 1.82) is 0 Å². The van der Waals surface area contributed by atoms with Gasteiger partial charge in [0.15, 0.2) is 11.5 Å². The molecule has 20 heavy (non-hydrogen) atoms. The fourth-order valence-corrected chi connectivity index (χ4v) is 2.66. The summed E-state index contributed by atoms with van der Waals surface area (Å²) in [6, 6.07) is 6.38. The highest BCUT2D eigenvalue weighted by atomic mass is 16.5. The van der Waals surface area contributed by atoms with Gasteiger partial charge in [-0.1, -0.05) is 6.92 Å². The van der Waals surface area contributed by atoms with Crippen LogP contribution in [0.4, 0.5) is 5.69 Å². The first-order chi connectivity index (χ1) is 9.60. The molecule has 1 aromatic carbocycles. The molecule has 1 aromatic rings. The van der Waals surface area contributed by atoms with Crippen molar-refractivity contribution < 1.29 is 14.2 Å². The molecule has 1 heterocycles. The second-order valence-corrected chi connectivity index (χ2v) is 5.56. The van der Waals surface area contributed by atoms with Crippen molar-refractivity contribution in [3.05, 3.63) is 18.2 Å². The minimum absolute atomic E-state index is 0.00747. The zero-order valence-corrected chi connectivity index (χ0v) is 12.9. The maximum Gasteiger partial charge on any atom is 0.162 e. The van der Waals surface area contributed by atoms with Crippen LogP contribution in [0.15, 0.2) is 18.2 Å². The maximum atomic E-state index is 5.88. The first-order valence-corrected chi connectivity index (χ1v) is 7.22. The van der Waals surface area contributed by atoms with Crippen molar-refractivity contribution >= 4 is 5.69 Å². The average Bonchev–Trinajstić information content (AvgIpc) is 2.47. The van der Waals surface area contributed by atoms with Gasteiger partial charge in [0.2, 0.25) is 0 Å². The number of nitrogens with one attached hydrogen (secondary N) is 1. The summed E-state index contributed by atoms with van der Waals surface area (Å²) in [5.74, 6) is 1.51. The largest absolute Gasteiger partial charge is 0.493 e. The van der Waals surface area contributed by atoms with Crippen molar-refractivity contribution in [3.8, 4) is 11.5 Å². The Morgan fingerprint density at radius 3 is 2.70 bits per heavy atom. The van der Waals surface area contributed by atoms with Gasteiger partial charge < -0.3 is 19.5 Å². The smallest absolute Gasteiger partial charge is 0.162 e.